The van der Waals surface area contributed by atoms with Crippen LogP contribution in [-0.2, 0) is 4.79 Å². The van der Waals surface area contributed by atoms with Gasteiger partial charge in [-0.1, -0.05) is 6.92 Å². The van der Waals surface area contributed by atoms with Gasteiger partial charge in [0.25, 0.3) is 0 Å². The van der Waals surface area contributed by atoms with E-state index in [4.69, 9.17) is 21.0 Å². The van der Waals surface area contributed by atoms with Crippen LogP contribution < -0.4 is 0 Å². The highest BCUT2D eigenvalue weighted by atomic mass is 16.1. The molecule has 0 saturated heterocycles. The molecule has 14 heavy (non-hydrogen) atoms. The zero-order valence-corrected chi connectivity index (χ0v) is 7.43. The summed E-state index contributed by atoms with van der Waals surface area (Å²) in [6.45, 7) is 1.33. The Morgan fingerprint density at radius 3 is 1.79 bits per heavy atom. The summed E-state index contributed by atoms with van der Waals surface area (Å²) < 4.78 is 0. The molecule has 0 rings (SSSR count). The zero-order chi connectivity index (χ0) is 11.2. The SMILES string of the molecule is CC(C=O)C(C#N)(C#N)C(C#N)C#N. The molecular weight excluding hydrogens is 180 g/mol. The second-order valence-corrected chi connectivity index (χ2v) is 2.71. The molecule has 68 valence electrons. The summed E-state index contributed by atoms with van der Waals surface area (Å²) in [5, 5.41) is 34.7. The predicted octanol–water partition coefficient (Wildman–Crippen LogP) is 0.518. The van der Waals surface area contributed by atoms with E-state index in [2.05, 4.69) is 0 Å². The van der Waals surface area contributed by atoms with Gasteiger partial charge >= 0.3 is 0 Å². The van der Waals surface area contributed by atoms with Crippen LogP contribution >= 0.6 is 0 Å². The van der Waals surface area contributed by atoms with Crippen molar-refractivity contribution in [2.75, 3.05) is 0 Å². The molecule has 1 unspecified atom stereocenters. The Morgan fingerprint density at radius 2 is 1.57 bits per heavy atom. The number of nitriles is 4. The van der Waals surface area contributed by atoms with Gasteiger partial charge in [-0.2, -0.15) is 21.0 Å². The lowest BCUT2D eigenvalue weighted by Crippen LogP contribution is -2.33. The highest BCUT2D eigenvalue weighted by molar-refractivity contribution is 5.58. The molecule has 5 nitrogen and oxygen atoms in total. The van der Waals surface area contributed by atoms with Gasteiger partial charge in [0.15, 0.2) is 11.3 Å². The summed E-state index contributed by atoms with van der Waals surface area (Å²) in [5.41, 5.74) is -1.87. The van der Waals surface area contributed by atoms with Gasteiger partial charge < -0.3 is 4.79 Å². The average Bonchev–Trinajstić information content (AvgIpc) is 2.25. The van der Waals surface area contributed by atoms with Crippen LogP contribution in [0.15, 0.2) is 0 Å². The first-order valence-electron chi connectivity index (χ1n) is 3.70. The van der Waals surface area contributed by atoms with Crippen LogP contribution in [0, 0.1) is 62.6 Å². The molecule has 0 aliphatic heterocycles. The molecule has 0 heterocycles. The maximum atomic E-state index is 10.5. The normalized spacial score (nSPS) is 11.6. The van der Waals surface area contributed by atoms with Crippen LogP contribution in [-0.4, -0.2) is 6.29 Å². The van der Waals surface area contributed by atoms with Crippen molar-refractivity contribution >= 4 is 6.29 Å². The van der Waals surface area contributed by atoms with Crippen molar-refractivity contribution in [3.63, 3.8) is 0 Å². The van der Waals surface area contributed by atoms with E-state index in [1.165, 1.54) is 6.92 Å². The Bertz CT molecular complexity index is 359. The third kappa shape index (κ3) is 1.53. The Balaban J connectivity index is 5.48. The fraction of sp³-hybridized carbons (Fsp3) is 0.444. The van der Waals surface area contributed by atoms with Gasteiger partial charge in [-0.3, -0.25) is 0 Å². The van der Waals surface area contributed by atoms with Crippen molar-refractivity contribution in [3.05, 3.63) is 0 Å². The Morgan fingerprint density at radius 1 is 1.14 bits per heavy atom. The van der Waals surface area contributed by atoms with Gasteiger partial charge in [-0.05, 0) is 0 Å². The number of hydrogen-bond donors (Lipinski definition) is 0. The first-order valence-corrected chi connectivity index (χ1v) is 3.70. The van der Waals surface area contributed by atoms with Crippen molar-refractivity contribution < 1.29 is 4.79 Å². The van der Waals surface area contributed by atoms with Crippen molar-refractivity contribution in [2.45, 2.75) is 6.92 Å². The molecule has 0 aliphatic carbocycles. The molecule has 0 bridgehead atoms. The minimum atomic E-state index is -1.87. The van der Waals surface area contributed by atoms with E-state index in [0.29, 0.717) is 6.29 Å². The number of hydrogen-bond acceptors (Lipinski definition) is 5. The van der Waals surface area contributed by atoms with Crippen LogP contribution in [0.3, 0.4) is 0 Å². The fourth-order valence-electron chi connectivity index (χ4n) is 0.960. The highest BCUT2D eigenvalue weighted by Gasteiger charge is 2.45. The highest BCUT2D eigenvalue weighted by Crippen LogP contribution is 2.33. The average molecular weight is 186 g/mol. The molecule has 0 aromatic carbocycles. The Labute approximate surface area is 81.4 Å². The second-order valence-electron chi connectivity index (χ2n) is 2.71. The summed E-state index contributed by atoms with van der Waals surface area (Å²) in [7, 11) is 0. The third-order valence-electron chi connectivity index (χ3n) is 2.01. The van der Waals surface area contributed by atoms with Gasteiger partial charge in [0, 0.05) is 5.92 Å². The molecule has 0 fully saturated rings. The van der Waals surface area contributed by atoms with Gasteiger partial charge in [-0.15, -0.1) is 0 Å². The van der Waals surface area contributed by atoms with Crippen LogP contribution in [0.5, 0.6) is 0 Å². The van der Waals surface area contributed by atoms with Gasteiger partial charge in [-0.25, -0.2) is 0 Å². The summed E-state index contributed by atoms with van der Waals surface area (Å²) >= 11 is 0. The van der Waals surface area contributed by atoms with Crippen molar-refractivity contribution in [2.24, 2.45) is 17.3 Å². The molecule has 0 aromatic heterocycles. The number of nitrogens with zero attached hydrogens (tertiary/aromatic N) is 4. The van der Waals surface area contributed by atoms with Crippen LogP contribution in [0.4, 0.5) is 0 Å². The minimum absolute atomic E-state index is 0.397. The molecule has 0 spiro atoms. The summed E-state index contributed by atoms with van der Waals surface area (Å²) in [4.78, 5) is 10.5. The molecule has 0 N–H and O–H groups in total. The van der Waals surface area contributed by atoms with Crippen molar-refractivity contribution in [1.82, 2.24) is 0 Å². The second kappa shape index (κ2) is 4.61. The van der Waals surface area contributed by atoms with E-state index in [0.717, 1.165) is 0 Å². The lowest BCUT2D eigenvalue weighted by molar-refractivity contribution is -0.112. The molecule has 5 heteroatoms. The largest absolute Gasteiger partial charge is 0.303 e. The predicted molar refractivity (Wildman–Crippen MR) is 43.6 cm³/mol. The van der Waals surface area contributed by atoms with Gasteiger partial charge in [0.05, 0.1) is 24.3 Å². The topological polar surface area (TPSA) is 112 Å². The maximum Gasteiger partial charge on any atom is 0.181 e. The number of carbonyl (C=O) groups excluding carboxylic acids is 1. The molecule has 0 aromatic rings. The van der Waals surface area contributed by atoms with E-state index < -0.39 is 17.3 Å². The standard InChI is InChI=1S/C9H6N4O/c1-7(4-14)9(5-12,6-13)8(2-10)3-11/h4,7-8H,1H3. The van der Waals surface area contributed by atoms with Crippen LogP contribution in [0.2, 0.25) is 0 Å². The van der Waals surface area contributed by atoms with E-state index in [1.807, 2.05) is 0 Å². The van der Waals surface area contributed by atoms with Gasteiger partial charge in [0.2, 0.25) is 0 Å². The minimum Gasteiger partial charge on any atom is -0.303 e. The van der Waals surface area contributed by atoms with E-state index in [1.54, 1.807) is 24.3 Å². The first kappa shape index (κ1) is 11.6. The third-order valence-corrected chi connectivity index (χ3v) is 2.01. The van der Waals surface area contributed by atoms with E-state index >= 15 is 0 Å². The van der Waals surface area contributed by atoms with Crippen molar-refractivity contribution in [3.8, 4) is 24.3 Å². The number of aldehydes is 1. The number of carbonyl (C=O) groups is 1. The molecule has 0 aliphatic rings. The fourth-order valence-corrected chi connectivity index (χ4v) is 0.960. The van der Waals surface area contributed by atoms with Crippen LogP contribution in [0.25, 0.3) is 0 Å². The van der Waals surface area contributed by atoms with Gasteiger partial charge in [0.1, 0.15) is 6.29 Å². The number of rotatable bonds is 3. The quantitative estimate of drug-likeness (QED) is 0.596. The van der Waals surface area contributed by atoms with Crippen molar-refractivity contribution in [1.29, 1.82) is 21.0 Å². The Hall–Kier alpha value is -2.37. The summed E-state index contributed by atoms with van der Waals surface area (Å²) in [6.07, 6.45) is 0.397. The molecule has 0 amide bonds. The first-order chi connectivity index (χ1) is 6.62. The zero-order valence-electron chi connectivity index (χ0n) is 7.43. The molecular formula is C9H6N4O. The molecule has 0 radical (unpaired) electrons. The van der Waals surface area contributed by atoms with Crippen LogP contribution in [0.1, 0.15) is 6.92 Å². The molecule has 0 saturated carbocycles. The summed E-state index contributed by atoms with van der Waals surface area (Å²) in [5.74, 6) is -2.39. The smallest absolute Gasteiger partial charge is 0.181 e. The Kier molecular flexibility index (Phi) is 3.83. The monoisotopic (exact) mass is 186 g/mol. The molecule has 1 atom stereocenters. The van der Waals surface area contributed by atoms with E-state index in [-0.39, 0.29) is 0 Å². The summed E-state index contributed by atoms with van der Waals surface area (Å²) in [6, 6.07) is 6.25. The lowest BCUT2D eigenvalue weighted by atomic mass is 9.70. The van der Waals surface area contributed by atoms with E-state index in [9.17, 15) is 4.79 Å². The lowest BCUT2D eigenvalue weighted by Gasteiger charge is -2.21. The maximum absolute atomic E-state index is 10.5.